The highest BCUT2D eigenvalue weighted by atomic mass is 28.4. The van der Waals surface area contributed by atoms with Crippen LogP contribution in [0.2, 0.25) is 11.1 Å². The Hall–Kier alpha value is 0.0569. The van der Waals surface area contributed by atoms with E-state index < -0.39 is 8.40 Å². The molecule has 0 aromatic heterocycles. The molecule has 0 amide bonds. The first-order valence-electron chi connectivity index (χ1n) is 10.1. The molecule has 2 heterocycles. The molecule has 0 aromatic carbocycles. The fourth-order valence-electron chi connectivity index (χ4n) is 6.11. The van der Waals surface area contributed by atoms with E-state index in [1.165, 1.54) is 77.5 Å². The van der Waals surface area contributed by atoms with E-state index >= 15 is 0 Å². The molecule has 4 nitrogen and oxygen atoms in total. The molecule has 0 radical (unpaired) electrons. The van der Waals surface area contributed by atoms with Crippen molar-refractivity contribution in [2.24, 2.45) is 0 Å². The molecule has 132 valence electrons. The Morgan fingerprint density at radius 3 is 1.26 bits per heavy atom. The highest BCUT2D eigenvalue weighted by Crippen LogP contribution is 2.53. The predicted molar refractivity (Wildman–Crippen MR) is 95.0 cm³/mol. The molecule has 0 spiro atoms. The van der Waals surface area contributed by atoms with E-state index in [0.717, 1.165) is 37.5 Å². The molecule has 4 rings (SSSR count). The summed E-state index contributed by atoms with van der Waals surface area (Å²) < 4.78 is 17.5. The summed E-state index contributed by atoms with van der Waals surface area (Å²) in [5.74, 6) is 0. The third-order valence-corrected chi connectivity index (χ3v) is 13.4. The molecule has 4 aliphatic rings. The minimum Gasteiger partial charge on any atom is -0.379 e. The van der Waals surface area contributed by atoms with Gasteiger partial charge in [0, 0.05) is 26.2 Å². The molecular formula is C18H34N2O2Si. The van der Waals surface area contributed by atoms with Gasteiger partial charge in [-0.05, 0) is 11.1 Å². The Morgan fingerprint density at radius 2 is 0.913 bits per heavy atom. The van der Waals surface area contributed by atoms with Gasteiger partial charge >= 0.3 is 0 Å². The average Bonchev–Trinajstić information content (AvgIpc) is 3.32. The maximum absolute atomic E-state index is 5.74. The van der Waals surface area contributed by atoms with Crippen molar-refractivity contribution >= 4 is 8.40 Å². The van der Waals surface area contributed by atoms with Crippen molar-refractivity contribution in [3.05, 3.63) is 0 Å². The smallest absolute Gasteiger partial charge is 0.213 e. The minimum atomic E-state index is -1.62. The molecule has 0 atom stereocenters. The first kappa shape index (κ1) is 16.5. The normalized spacial score (nSPS) is 30.3. The van der Waals surface area contributed by atoms with Gasteiger partial charge < -0.3 is 18.6 Å². The zero-order valence-electron chi connectivity index (χ0n) is 14.7. The van der Waals surface area contributed by atoms with E-state index in [4.69, 9.17) is 9.47 Å². The summed E-state index contributed by atoms with van der Waals surface area (Å²) in [6.07, 6.45) is 11.9. The first-order chi connectivity index (χ1) is 11.4. The van der Waals surface area contributed by atoms with Crippen molar-refractivity contribution in [3.63, 3.8) is 0 Å². The monoisotopic (exact) mass is 338 g/mol. The maximum atomic E-state index is 5.74. The molecule has 2 saturated carbocycles. The second-order valence-corrected chi connectivity index (χ2v) is 12.4. The number of hydrogen-bond donors (Lipinski definition) is 0. The summed E-state index contributed by atoms with van der Waals surface area (Å²) in [5.41, 5.74) is 2.00. The molecule has 2 aliphatic heterocycles. The number of nitrogens with zero attached hydrogens (tertiary/aromatic N) is 2. The predicted octanol–water partition coefficient (Wildman–Crippen LogP) is 2.98. The van der Waals surface area contributed by atoms with Crippen molar-refractivity contribution in [2.75, 3.05) is 52.6 Å². The van der Waals surface area contributed by atoms with E-state index in [1.807, 2.05) is 0 Å². The summed E-state index contributed by atoms with van der Waals surface area (Å²) in [4.78, 5) is 0. The largest absolute Gasteiger partial charge is 0.379 e. The maximum Gasteiger partial charge on any atom is 0.213 e. The van der Waals surface area contributed by atoms with Gasteiger partial charge in [0.1, 0.15) is 0 Å². The van der Waals surface area contributed by atoms with E-state index in [2.05, 4.69) is 9.13 Å². The standard InChI is InChI=1S/C18H34N2O2Si/c1-2-6-17(5-1)23(18-7-3-4-8-18,19-9-13-21-14-10-19)20-11-15-22-16-12-20/h17-18H,1-16H2. The third kappa shape index (κ3) is 3.04. The second kappa shape index (κ2) is 7.52. The van der Waals surface area contributed by atoms with Gasteiger partial charge in [0.05, 0.1) is 26.4 Å². The Balaban J connectivity index is 1.70. The Labute approximate surface area is 142 Å². The zero-order chi connectivity index (χ0) is 15.5. The van der Waals surface area contributed by atoms with Gasteiger partial charge in [0.2, 0.25) is 8.40 Å². The summed E-state index contributed by atoms with van der Waals surface area (Å²) >= 11 is 0. The van der Waals surface area contributed by atoms with Crippen molar-refractivity contribution in [1.82, 2.24) is 9.13 Å². The van der Waals surface area contributed by atoms with Crippen molar-refractivity contribution in [3.8, 4) is 0 Å². The number of rotatable bonds is 4. The molecule has 2 saturated heterocycles. The van der Waals surface area contributed by atoms with E-state index in [-0.39, 0.29) is 0 Å². The van der Waals surface area contributed by atoms with Gasteiger partial charge in [-0.25, -0.2) is 0 Å². The van der Waals surface area contributed by atoms with Gasteiger partial charge in [-0.1, -0.05) is 51.4 Å². The molecule has 4 fully saturated rings. The van der Waals surface area contributed by atoms with Crippen molar-refractivity contribution < 1.29 is 9.47 Å². The van der Waals surface area contributed by atoms with Crippen LogP contribution in [0, 0.1) is 0 Å². The average molecular weight is 339 g/mol. The fraction of sp³-hybridized carbons (Fsp3) is 1.00. The Morgan fingerprint density at radius 1 is 0.565 bits per heavy atom. The van der Waals surface area contributed by atoms with Crippen LogP contribution in [0.25, 0.3) is 0 Å². The lowest BCUT2D eigenvalue weighted by Crippen LogP contribution is -2.73. The Kier molecular flexibility index (Phi) is 5.40. The quantitative estimate of drug-likeness (QED) is 0.736. The van der Waals surface area contributed by atoms with Gasteiger partial charge in [-0.15, -0.1) is 0 Å². The van der Waals surface area contributed by atoms with Crippen LogP contribution < -0.4 is 0 Å². The Bertz CT molecular complexity index is 335. The van der Waals surface area contributed by atoms with Crippen molar-refractivity contribution in [2.45, 2.75) is 62.4 Å². The molecule has 23 heavy (non-hydrogen) atoms. The molecule has 0 N–H and O–H groups in total. The fourth-order valence-corrected chi connectivity index (χ4v) is 13.6. The zero-order valence-corrected chi connectivity index (χ0v) is 15.7. The summed E-state index contributed by atoms with van der Waals surface area (Å²) in [7, 11) is -1.62. The summed E-state index contributed by atoms with van der Waals surface area (Å²) in [6.45, 7) is 8.59. The van der Waals surface area contributed by atoms with Crippen LogP contribution in [-0.2, 0) is 9.47 Å². The van der Waals surface area contributed by atoms with Gasteiger partial charge in [0.15, 0.2) is 0 Å². The lowest BCUT2D eigenvalue weighted by atomic mass is 10.3. The van der Waals surface area contributed by atoms with Crippen LogP contribution in [0.3, 0.4) is 0 Å². The van der Waals surface area contributed by atoms with Gasteiger partial charge in [-0.2, -0.15) is 0 Å². The number of hydrogen-bond acceptors (Lipinski definition) is 4. The molecule has 0 bridgehead atoms. The van der Waals surface area contributed by atoms with Gasteiger partial charge in [-0.3, -0.25) is 0 Å². The minimum absolute atomic E-state index is 0.957. The first-order valence-corrected chi connectivity index (χ1v) is 12.1. The molecule has 2 aliphatic carbocycles. The number of morpholine rings is 2. The topological polar surface area (TPSA) is 24.9 Å². The van der Waals surface area contributed by atoms with Crippen LogP contribution in [0.5, 0.6) is 0 Å². The lowest BCUT2D eigenvalue weighted by molar-refractivity contribution is 0.0397. The SMILES string of the molecule is C1CCC([Si](C2CCCC2)(N2CCOCC2)N2CCOCC2)C1. The van der Waals surface area contributed by atoms with Crippen LogP contribution in [0.15, 0.2) is 0 Å². The van der Waals surface area contributed by atoms with E-state index in [9.17, 15) is 0 Å². The van der Waals surface area contributed by atoms with Crippen LogP contribution >= 0.6 is 0 Å². The van der Waals surface area contributed by atoms with Crippen LogP contribution in [0.4, 0.5) is 0 Å². The molecule has 0 aromatic rings. The summed E-state index contributed by atoms with van der Waals surface area (Å²) in [6, 6.07) is 0. The van der Waals surface area contributed by atoms with Gasteiger partial charge in [0.25, 0.3) is 0 Å². The number of ether oxygens (including phenoxy) is 2. The molecule has 5 heteroatoms. The molecule has 0 unspecified atom stereocenters. The van der Waals surface area contributed by atoms with E-state index in [0.29, 0.717) is 0 Å². The third-order valence-electron chi connectivity index (χ3n) is 6.95. The summed E-state index contributed by atoms with van der Waals surface area (Å²) in [5, 5.41) is 0. The second-order valence-electron chi connectivity index (χ2n) is 7.94. The highest BCUT2D eigenvalue weighted by Gasteiger charge is 2.57. The molecular weight excluding hydrogens is 304 g/mol. The highest BCUT2D eigenvalue weighted by molar-refractivity contribution is 6.77. The van der Waals surface area contributed by atoms with Crippen LogP contribution in [-0.4, -0.2) is 70.1 Å². The van der Waals surface area contributed by atoms with Crippen molar-refractivity contribution in [1.29, 1.82) is 0 Å². The van der Waals surface area contributed by atoms with E-state index in [1.54, 1.807) is 0 Å². The van der Waals surface area contributed by atoms with Crippen LogP contribution in [0.1, 0.15) is 51.4 Å². The lowest BCUT2D eigenvalue weighted by Gasteiger charge is -2.57.